The van der Waals surface area contributed by atoms with Gasteiger partial charge in [-0.25, -0.2) is 14.2 Å². The van der Waals surface area contributed by atoms with Crippen LogP contribution in [0.4, 0.5) is 20.6 Å². The molecule has 0 radical (unpaired) electrons. The van der Waals surface area contributed by atoms with Crippen LogP contribution in [0.25, 0.3) is 10.8 Å². The third kappa shape index (κ3) is 5.03. The fourth-order valence-corrected chi connectivity index (χ4v) is 3.09. The van der Waals surface area contributed by atoms with Gasteiger partial charge < -0.3 is 15.4 Å². The molecule has 1 aromatic carbocycles. The minimum atomic E-state index is -0.616. The summed E-state index contributed by atoms with van der Waals surface area (Å²) in [7, 11) is 0. The predicted octanol–water partition coefficient (Wildman–Crippen LogP) is 4.52. The summed E-state index contributed by atoms with van der Waals surface area (Å²) in [6, 6.07) is 4.92. The van der Waals surface area contributed by atoms with Crippen LogP contribution in [0.1, 0.15) is 20.8 Å². The van der Waals surface area contributed by atoms with Crippen LogP contribution in [0.5, 0.6) is 11.6 Å². The molecule has 3 heterocycles. The van der Waals surface area contributed by atoms with E-state index in [4.69, 9.17) is 4.74 Å². The summed E-state index contributed by atoms with van der Waals surface area (Å²) in [5.41, 5.74) is 1.77. The summed E-state index contributed by atoms with van der Waals surface area (Å²) in [5.74, 6) is 0.265. The van der Waals surface area contributed by atoms with E-state index in [1.165, 1.54) is 41.9 Å². The van der Waals surface area contributed by atoms with Crippen LogP contribution < -0.4 is 15.4 Å². The Kier molecular flexibility index (Phi) is 5.77. The third-order valence-electron chi connectivity index (χ3n) is 4.12. The van der Waals surface area contributed by atoms with Crippen molar-refractivity contribution in [2.24, 2.45) is 0 Å². The average molecular weight is 454 g/mol. The summed E-state index contributed by atoms with van der Waals surface area (Å²) in [5, 5.41) is 17.5. The molecule has 4 rings (SSSR count). The number of benzene rings is 1. The van der Waals surface area contributed by atoms with Crippen LogP contribution in [0.3, 0.4) is 0 Å². The van der Waals surface area contributed by atoms with Crippen LogP contribution in [0, 0.1) is 5.82 Å². The molecule has 0 aliphatic carbocycles. The molecule has 10 nitrogen and oxygen atoms in total. The smallest absolute Gasteiger partial charge is 0.323 e. The van der Waals surface area contributed by atoms with Gasteiger partial charge in [0.05, 0.1) is 23.1 Å². The average Bonchev–Trinajstić information content (AvgIpc) is 3.43. The molecule has 4 aromatic rings. The minimum absolute atomic E-state index is 0.0541. The lowest BCUT2D eigenvalue weighted by atomic mass is 10.1. The lowest BCUT2D eigenvalue weighted by molar-refractivity contribution is 0.262. The zero-order valence-electron chi connectivity index (χ0n) is 17.4. The monoisotopic (exact) mass is 454 g/mol. The van der Waals surface area contributed by atoms with Crippen LogP contribution in [0.15, 0.2) is 48.4 Å². The maximum atomic E-state index is 14.3. The van der Waals surface area contributed by atoms with Gasteiger partial charge >= 0.3 is 6.03 Å². The van der Waals surface area contributed by atoms with Crippen molar-refractivity contribution < 1.29 is 13.9 Å². The van der Waals surface area contributed by atoms with Gasteiger partial charge in [0.2, 0.25) is 5.88 Å². The van der Waals surface area contributed by atoms with E-state index < -0.39 is 11.8 Å². The molecule has 0 bridgehead atoms. The van der Waals surface area contributed by atoms with E-state index in [2.05, 4.69) is 35.9 Å². The quantitative estimate of drug-likeness (QED) is 0.455. The number of halogens is 1. The van der Waals surface area contributed by atoms with E-state index in [-0.39, 0.29) is 22.9 Å². The highest BCUT2D eigenvalue weighted by atomic mass is 32.1. The molecule has 0 unspecified atom stereocenters. The predicted molar refractivity (Wildman–Crippen MR) is 117 cm³/mol. The molecule has 0 saturated carbocycles. The third-order valence-corrected chi connectivity index (χ3v) is 4.80. The molecule has 0 spiro atoms. The fourth-order valence-electron chi connectivity index (χ4n) is 2.60. The molecule has 32 heavy (non-hydrogen) atoms. The van der Waals surface area contributed by atoms with Crippen molar-refractivity contribution in [3.63, 3.8) is 0 Å². The first kappa shape index (κ1) is 21.3. The Balaban J connectivity index is 1.45. The van der Waals surface area contributed by atoms with Crippen LogP contribution in [-0.2, 0) is 5.54 Å². The van der Waals surface area contributed by atoms with Crippen molar-refractivity contribution in [3.05, 3.63) is 54.2 Å². The van der Waals surface area contributed by atoms with Gasteiger partial charge in [0.1, 0.15) is 17.1 Å². The lowest BCUT2D eigenvalue weighted by Crippen LogP contribution is -2.22. The molecule has 0 saturated heterocycles. The number of amides is 2. The number of carbonyl (C=O) groups is 1. The lowest BCUT2D eigenvalue weighted by Gasteiger charge is -2.18. The minimum Gasteiger partial charge on any atom is -0.439 e. The Morgan fingerprint density at radius 1 is 1.22 bits per heavy atom. The summed E-state index contributed by atoms with van der Waals surface area (Å²) in [6.07, 6.45) is 4.73. The Hall–Kier alpha value is -3.93. The van der Waals surface area contributed by atoms with Crippen LogP contribution >= 0.6 is 11.3 Å². The standard InChI is InChI=1S/C20H19FN8O2S/c1-20(2,3)29-10-12(9-24-29)25-19(30)26-15-8-13(4-5-14(15)21)31-16-6-7-22-17(27-16)18-28-23-11-32-18/h4-11H,1-3H3,(H2,25,26,30). The molecule has 0 atom stereocenters. The first-order valence-electron chi connectivity index (χ1n) is 9.48. The highest BCUT2D eigenvalue weighted by molar-refractivity contribution is 7.12. The molecule has 0 aliphatic heterocycles. The molecule has 2 amide bonds. The molecule has 0 aliphatic rings. The molecule has 2 N–H and O–H groups in total. The summed E-state index contributed by atoms with van der Waals surface area (Å²) in [6.45, 7) is 5.96. The topological polar surface area (TPSA) is 120 Å². The van der Waals surface area contributed by atoms with E-state index in [0.29, 0.717) is 16.5 Å². The van der Waals surface area contributed by atoms with Gasteiger partial charge in [0, 0.05) is 24.5 Å². The number of rotatable bonds is 5. The normalized spacial score (nSPS) is 11.2. The Bertz CT molecular complexity index is 1240. The highest BCUT2D eigenvalue weighted by Gasteiger charge is 2.16. The number of ether oxygens (including phenoxy) is 1. The number of nitrogens with zero attached hydrogens (tertiary/aromatic N) is 6. The Labute approximate surface area is 186 Å². The van der Waals surface area contributed by atoms with E-state index >= 15 is 0 Å². The summed E-state index contributed by atoms with van der Waals surface area (Å²) < 4.78 is 21.7. The Morgan fingerprint density at radius 3 is 2.78 bits per heavy atom. The Morgan fingerprint density at radius 2 is 2.06 bits per heavy atom. The van der Waals surface area contributed by atoms with Crippen molar-refractivity contribution in [2.45, 2.75) is 26.3 Å². The summed E-state index contributed by atoms with van der Waals surface area (Å²) >= 11 is 1.29. The maximum absolute atomic E-state index is 14.3. The van der Waals surface area contributed by atoms with Crippen molar-refractivity contribution >= 4 is 28.7 Å². The van der Waals surface area contributed by atoms with Gasteiger partial charge in [-0.1, -0.05) is 11.3 Å². The van der Waals surface area contributed by atoms with Gasteiger partial charge in [-0.3, -0.25) is 4.68 Å². The largest absolute Gasteiger partial charge is 0.439 e. The van der Waals surface area contributed by atoms with Gasteiger partial charge in [-0.15, -0.1) is 10.2 Å². The van der Waals surface area contributed by atoms with Crippen LogP contribution in [-0.4, -0.2) is 36.0 Å². The number of anilines is 2. The number of hydrogen-bond donors (Lipinski definition) is 2. The zero-order valence-corrected chi connectivity index (χ0v) is 18.2. The van der Waals surface area contributed by atoms with E-state index in [1.807, 2.05) is 20.8 Å². The van der Waals surface area contributed by atoms with Crippen LogP contribution in [0.2, 0.25) is 0 Å². The van der Waals surface area contributed by atoms with Crippen molar-refractivity contribution in [1.29, 1.82) is 0 Å². The van der Waals surface area contributed by atoms with Gasteiger partial charge in [-0.2, -0.15) is 10.1 Å². The maximum Gasteiger partial charge on any atom is 0.323 e. The molecular formula is C20H19FN8O2S. The van der Waals surface area contributed by atoms with Gasteiger partial charge in [0.15, 0.2) is 10.8 Å². The van der Waals surface area contributed by atoms with Gasteiger partial charge in [-0.05, 0) is 32.9 Å². The summed E-state index contributed by atoms with van der Waals surface area (Å²) in [4.78, 5) is 20.7. The fraction of sp³-hybridized carbons (Fsp3) is 0.200. The van der Waals surface area contributed by atoms with E-state index in [0.717, 1.165) is 0 Å². The van der Waals surface area contributed by atoms with E-state index in [9.17, 15) is 9.18 Å². The molecule has 0 fully saturated rings. The molecule has 12 heteroatoms. The molecule has 3 aromatic heterocycles. The van der Waals surface area contributed by atoms with Crippen molar-refractivity contribution in [3.8, 4) is 22.5 Å². The second kappa shape index (κ2) is 8.67. The number of nitrogens with one attached hydrogen (secondary N) is 2. The second-order valence-electron chi connectivity index (χ2n) is 7.63. The number of carbonyl (C=O) groups excluding carboxylic acids is 1. The zero-order chi connectivity index (χ0) is 22.7. The molecular weight excluding hydrogens is 435 g/mol. The highest BCUT2D eigenvalue weighted by Crippen LogP contribution is 2.27. The van der Waals surface area contributed by atoms with E-state index in [1.54, 1.807) is 22.5 Å². The first-order valence-corrected chi connectivity index (χ1v) is 10.4. The van der Waals surface area contributed by atoms with Crippen molar-refractivity contribution in [1.82, 2.24) is 29.9 Å². The SMILES string of the molecule is CC(C)(C)n1cc(NC(=O)Nc2cc(Oc3ccnc(-c4nncs4)n3)ccc2F)cn1. The number of urea groups is 1. The molecule has 164 valence electrons. The number of hydrogen-bond acceptors (Lipinski definition) is 8. The second-order valence-corrected chi connectivity index (χ2v) is 8.46. The number of aromatic nitrogens is 6. The first-order chi connectivity index (χ1) is 15.3. The van der Waals surface area contributed by atoms with Gasteiger partial charge in [0.25, 0.3) is 0 Å². The van der Waals surface area contributed by atoms with Crippen molar-refractivity contribution in [2.75, 3.05) is 10.6 Å².